The van der Waals surface area contributed by atoms with E-state index in [1.807, 2.05) is 44.2 Å². The number of nitrogens with one attached hydrogen (secondary N) is 1. The summed E-state index contributed by atoms with van der Waals surface area (Å²) in [6.45, 7) is 3.69. The van der Waals surface area contributed by atoms with Gasteiger partial charge in [0, 0.05) is 6.04 Å². The minimum absolute atomic E-state index is 0.0122. The van der Waals surface area contributed by atoms with Gasteiger partial charge in [-0.15, -0.1) is 0 Å². The van der Waals surface area contributed by atoms with Crippen LogP contribution in [0.5, 0.6) is 0 Å². The zero-order valence-electron chi connectivity index (χ0n) is 10.5. The average Bonchev–Trinajstić information content (AvgIpc) is 2.85. The smallest absolute Gasteiger partial charge is 0.366 e. The quantitative estimate of drug-likeness (QED) is 0.859. The van der Waals surface area contributed by atoms with Crippen LogP contribution in [0, 0.1) is 0 Å². The van der Waals surface area contributed by atoms with E-state index in [1.54, 1.807) is 0 Å². The molecule has 0 radical (unpaired) electrons. The third-order valence-electron chi connectivity index (χ3n) is 2.04. The van der Waals surface area contributed by atoms with Crippen LogP contribution in [0.25, 0.3) is 5.69 Å². The molecule has 0 aliphatic carbocycles. The van der Waals surface area contributed by atoms with Crippen molar-refractivity contribution in [1.29, 1.82) is 0 Å². The van der Waals surface area contributed by atoms with Crippen LogP contribution in [-0.4, -0.2) is 32.3 Å². The summed E-state index contributed by atoms with van der Waals surface area (Å²) in [4.78, 5) is 11.4. The van der Waals surface area contributed by atoms with E-state index in [0.717, 1.165) is 17.7 Å². The van der Waals surface area contributed by atoms with Crippen LogP contribution in [0.3, 0.4) is 0 Å². The molecule has 0 fully saturated rings. The monoisotopic (exact) mass is 279 g/mol. The Bertz CT molecular complexity index is 543. The van der Waals surface area contributed by atoms with Gasteiger partial charge >= 0.3 is 6.09 Å². The number of carbonyl (C=O) groups is 1. The summed E-state index contributed by atoms with van der Waals surface area (Å²) in [6, 6.07) is 9.37. The fraction of sp³-hybridized carbons (Fsp3) is 0.273. The maximum absolute atomic E-state index is 11.4. The first-order valence-electron chi connectivity index (χ1n) is 5.65. The predicted octanol–water partition coefficient (Wildman–Crippen LogP) is 1.80. The van der Waals surface area contributed by atoms with Crippen molar-refractivity contribution in [3.63, 3.8) is 0 Å². The van der Waals surface area contributed by atoms with Gasteiger partial charge in [0.1, 0.15) is 12.0 Å². The summed E-state index contributed by atoms with van der Waals surface area (Å²) in [5.41, 5.74) is 0.794. The third-order valence-corrected chi connectivity index (χ3v) is 2.68. The topological polar surface area (TPSA) is 81.9 Å². The third kappa shape index (κ3) is 3.68. The zero-order chi connectivity index (χ0) is 13.7. The molecule has 0 spiro atoms. The summed E-state index contributed by atoms with van der Waals surface area (Å²) in [5.74, 6) is 0. The van der Waals surface area contributed by atoms with Crippen molar-refractivity contribution < 1.29 is 8.98 Å². The van der Waals surface area contributed by atoms with Crippen LogP contribution < -0.4 is 5.32 Å². The number of amides is 1. The molecule has 0 aliphatic heterocycles. The first-order chi connectivity index (χ1) is 9.16. The molecule has 1 amide bonds. The molecule has 2 rings (SSSR count). The summed E-state index contributed by atoms with van der Waals surface area (Å²) < 4.78 is 6.46. The minimum atomic E-state index is -0.525. The molecule has 0 aliphatic rings. The van der Waals surface area contributed by atoms with E-state index in [-0.39, 0.29) is 6.04 Å². The Labute approximate surface area is 114 Å². The summed E-state index contributed by atoms with van der Waals surface area (Å²) in [7, 11) is 0. The van der Waals surface area contributed by atoms with E-state index in [2.05, 4.69) is 20.8 Å². The Kier molecular flexibility index (Phi) is 4.35. The molecule has 2 aromatic rings. The van der Waals surface area contributed by atoms with Gasteiger partial charge in [-0.3, -0.25) is 0 Å². The average molecular weight is 279 g/mol. The van der Waals surface area contributed by atoms with Gasteiger partial charge in [-0.1, -0.05) is 23.3 Å². The lowest BCUT2D eigenvalue weighted by Crippen LogP contribution is -2.29. The van der Waals surface area contributed by atoms with Crippen molar-refractivity contribution in [1.82, 2.24) is 25.5 Å². The van der Waals surface area contributed by atoms with Crippen LogP contribution in [0.15, 0.2) is 35.5 Å². The van der Waals surface area contributed by atoms with E-state index < -0.39 is 6.09 Å². The second kappa shape index (κ2) is 6.19. The highest BCUT2D eigenvalue weighted by Crippen LogP contribution is 2.18. The lowest BCUT2D eigenvalue weighted by molar-refractivity contribution is 0.205. The Hall–Kier alpha value is -2.09. The Balaban J connectivity index is 2.03. The second-order valence-electron chi connectivity index (χ2n) is 3.96. The van der Waals surface area contributed by atoms with Crippen molar-refractivity contribution in [2.75, 3.05) is 0 Å². The van der Waals surface area contributed by atoms with Gasteiger partial charge in [0.2, 0.25) is 0 Å². The highest BCUT2D eigenvalue weighted by Gasteiger charge is 2.13. The Morgan fingerprint density at radius 1 is 1.37 bits per heavy atom. The second-order valence-corrected chi connectivity index (χ2v) is 4.66. The van der Waals surface area contributed by atoms with Crippen molar-refractivity contribution in [2.45, 2.75) is 25.0 Å². The van der Waals surface area contributed by atoms with Crippen molar-refractivity contribution in [3.05, 3.63) is 30.3 Å². The van der Waals surface area contributed by atoms with Crippen LogP contribution in [0.2, 0.25) is 0 Å². The molecular weight excluding hydrogens is 266 g/mol. The molecule has 7 nitrogen and oxygen atoms in total. The van der Waals surface area contributed by atoms with Gasteiger partial charge in [0.25, 0.3) is 5.16 Å². The molecule has 0 unspecified atom stereocenters. The van der Waals surface area contributed by atoms with Gasteiger partial charge in [0.15, 0.2) is 0 Å². The van der Waals surface area contributed by atoms with E-state index in [4.69, 9.17) is 4.18 Å². The number of carbonyl (C=O) groups excluding carboxylic acids is 1. The molecule has 0 bridgehead atoms. The molecule has 0 atom stereocenters. The maximum Gasteiger partial charge on any atom is 0.419 e. The largest absolute Gasteiger partial charge is 0.419 e. The lowest BCUT2D eigenvalue weighted by Gasteiger charge is -2.07. The summed E-state index contributed by atoms with van der Waals surface area (Å²) in [6.07, 6.45) is -0.525. The Morgan fingerprint density at radius 3 is 2.79 bits per heavy atom. The zero-order valence-corrected chi connectivity index (χ0v) is 11.3. The van der Waals surface area contributed by atoms with Crippen LogP contribution in [0.4, 0.5) is 4.79 Å². The molecule has 19 heavy (non-hydrogen) atoms. The number of hydrogen-bond donors (Lipinski definition) is 1. The molecule has 1 N–H and O–H groups in total. The summed E-state index contributed by atoms with van der Waals surface area (Å²) in [5, 5.41) is 14.2. The lowest BCUT2D eigenvalue weighted by atomic mass is 10.3. The molecule has 1 aromatic carbocycles. The number of nitrogens with zero attached hydrogens (tertiary/aromatic N) is 4. The highest BCUT2D eigenvalue weighted by molar-refractivity contribution is 7.94. The molecule has 8 heteroatoms. The maximum atomic E-state index is 11.4. The molecular formula is C11H13N5O2S. The SMILES string of the molecule is CC(C)NC(=O)OSc1nnnn1-c1ccccc1. The molecule has 0 saturated carbocycles. The van der Waals surface area contributed by atoms with Gasteiger partial charge in [-0.25, -0.2) is 4.79 Å². The minimum Gasteiger partial charge on any atom is -0.366 e. The van der Waals surface area contributed by atoms with Crippen molar-refractivity contribution >= 4 is 18.1 Å². The molecule has 1 aromatic heterocycles. The van der Waals surface area contributed by atoms with E-state index in [9.17, 15) is 4.79 Å². The van der Waals surface area contributed by atoms with E-state index >= 15 is 0 Å². The molecule has 1 heterocycles. The number of para-hydroxylation sites is 1. The molecule has 100 valence electrons. The van der Waals surface area contributed by atoms with Gasteiger partial charge in [-0.2, -0.15) is 4.68 Å². The van der Waals surface area contributed by atoms with Gasteiger partial charge in [-0.05, 0) is 36.4 Å². The number of hydrogen-bond acceptors (Lipinski definition) is 6. The number of tetrazole rings is 1. The number of aromatic nitrogens is 4. The fourth-order valence-electron chi connectivity index (χ4n) is 1.30. The van der Waals surface area contributed by atoms with Crippen LogP contribution >= 0.6 is 12.0 Å². The van der Waals surface area contributed by atoms with Crippen LogP contribution in [-0.2, 0) is 4.18 Å². The first kappa shape index (κ1) is 13.3. The van der Waals surface area contributed by atoms with Crippen molar-refractivity contribution in [3.8, 4) is 5.69 Å². The van der Waals surface area contributed by atoms with E-state index in [1.165, 1.54) is 4.68 Å². The van der Waals surface area contributed by atoms with Crippen LogP contribution in [0.1, 0.15) is 13.8 Å². The number of benzene rings is 1. The predicted molar refractivity (Wildman–Crippen MR) is 69.8 cm³/mol. The number of rotatable bonds is 4. The summed E-state index contributed by atoms with van der Waals surface area (Å²) >= 11 is 0.813. The van der Waals surface area contributed by atoms with Gasteiger partial charge in [0.05, 0.1) is 5.69 Å². The molecule has 0 saturated heterocycles. The van der Waals surface area contributed by atoms with E-state index in [0.29, 0.717) is 5.16 Å². The standard InChI is InChI=1S/C11H13N5O2S/c1-8(2)12-11(17)18-19-10-13-14-15-16(10)9-6-4-3-5-7-9/h3-8H,1-2H3,(H,12,17). The normalized spacial score (nSPS) is 10.5. The van der Waals surface area contributed by atoms with Crippen molar-refractivity contribution in [2.24, 2.45) is 0 Å². The van der Waals surface area contributed by atoms with Gasteiger partial charge < -0.3 is 9.50 Å². The highest BCUT2D eigenvalue weighted by atomic mass is 32.2. The first-order valence-corrected chi connectivity index (χ1v) is 6.40. The fourth-order valence-corrected chi connectivity index (χ4v) is 1.78. The Morgan fingerprint density at radius 2 is 2.11 bits per heavy atom.